The van der Waals surface area contributed by atoms with Crippen molar-refractivity contribution < 1.29 is 14.3 Å². The summed E-state index contributed by atoms with van der Waals surface area (Å²) >= 11 is 3.51. The molecule has 0 bridgehead atoms. The van der Waals surface area contributed by atoms with Crippen molar-refractivity contribution in [1.82, 2.24) is 5.32 Å². The SMILES string of the molecule is CCCCNC(=O)c1ccccc1NC(=O)COc1ccc(-c2ccccc2)cc1Br. The summed E-state index contributed by atoms with van der Waals surface area (Å²) in [5.41, 5.74) is 3.04. The highest BCUT2D eigenvalue weighted by Gasteiger charge is 2.13. The van der Waals surface area contributed by atoms with Gasteiger partial charge in [0.25, 0.3) is 11.8 Å². The number of carbonyl (C=O) groups excluding carboxylic acids is 2. The summed E-state index contributed by atoms with van der Waals surface area (Å²) in [6, 6.07) is 22.7. The first-order valence-electron chi connectivity index (χ1n) is 10.2. The Hall–Kier alpha value is -3.12. The van der Waals surface area contributed by atoms with E-state index in [9.17, 15) is 9.59 Å². The number of unbranched alkanes of at least 4 members (excludes halogenated alkanes) is 1. The Balaban J connectivity index is 1.60. The van der Waals surface area contributed by atoms with E-state index in [-0.39, 0.29) is 18.4 Å². The van der Waals surface area contributed by atoms with Gasteiger partial charge in [0.1, 0.15) is 5.75 Å². The fourth-order valence-electron chi connectivity index (χ4n) is 3.02. The van der Waals surface area contributed by atoms with Gasteiger partial charge in [-0.2, -0.15) is 0 Å². The highest BCUT2D eigenvalue weighted by Crippen LogP contribution is 2.30. The number of hydrogen-bond acceptors (Lipinski definition) is 3. The number of benzene rings is 3. The molecule has 0 aromatic heterocycles. The summed E-state index contributed by atoms with van der Waals surface area (Å²) in [6.45, 7) is 2.50. The second-order valence-electron chi connectivity index (χ2n) is 7.00. The summed E-state index contributed by atoms with van der Waals surface area (Å²) in [6.07, 6.45) is 1.91. The van der Waals surface area contributed by atoms with Crippen LogP contribution in [-0.4, -0.2) is 25.0 Å². The number of para-hydroxylation sites is 1. The Morgan fingerprint density at radius 3 is 2.42 bits per heavy atom. The van der Waals surface area contributed by atoms with E-state index in [2.05, 4.69) is 33.5 Å². The molecule has 0 aliphatic heterocycles. The van der Waals surface area contributed by atoms with Crippen molar-refractivity contribution in [3.63, 3.8) is 0 Å². The number of carbonyl (C=O) groups is 2. The molecule has 6 heteroatoms. The minimum absolute atomic E-state index is 0.172. The number of halogens is 1. The summed E-state index contributed by atoms with van der Waals surface area (Å²) in [5.74, 6) is 0.0257. The summed E-state index contributed by atoms with van der Waals surface area (Å²) < 4.78 is 6.44. The molecule has 2 amide bonds. The Morgan fingerprint density at radius 2 is 1.68 bits per heavy atom. The van der Waals surface area contributed by atoms with Crippen LogP contribution in [0.25, 0.3) is 11.1 Å². The van der Waals surface area contributed by atoms with Gasteiger partial charge in [0.2, 0.25) is 0 Å². The van der Waals surface area contributed by atoms with Crippen molar-refractivity contribution in [2.24, 2.45) is 0 Å². The van der Waals surface area contributed by atoms with E-state index in [0.29, 0.717) is 23.5 Å². The largest absolute Gasteiger partial charge is 0.483 e. The van der Waals surface area contributed by atoms with Crippen molar-refractivity contribution in [1.29, 1.82) is 0 Å². The maximum absolute atomic E-state index is 12.4. The third-order valence-corrected chi connectivity index (χ3v) is 5.28. The Kier molecular flexibility index (Phi) is 8.24. The molecule has 0 radical (unpaired) electrons. The van der Waals surface area contributed by atoms with Crippen LogP contribution < -0.4 is 15.4 Å². The summed E-state index contributed by atoms with van der Waals surface area (Å²) in [5, 5.41) is 5.64. The topological polar surface area (TPSA) is 67.4 Å². The van der Waals surface area contributed by atoms with E-state index in [0.717, 1.165) is 28.4 Å². The molecule has 0 saturated heterocycles. The fourth-order valence-corrected chi connectivity index (χ4v) is 3.51. The molecule has 5 nitrogen and oxygen atoms in total. The van der Waals surface area contributed by atoms with Gasteiger partial charge in [0.05, 0.1) is 15.7 Å². The molecule has 0 fully saturated rings. The number of nitrogens with one attached hydrogen (secondary N) is 2. The number of anilines is 1. The molecule has 0 saturated carbocycles. The summed E-state index contributed by atoms with van der Waals surface area (Å²) in [7, 11) is 0. The summed E-state index contributed by atoms with van der Waals surface area (Å²) in [4.78, 5) is 24.8. The van der Waals surface area contributed by atoms with Crippen LogP contribution in [0.5, 0.6) is 5.75 Å². The van der Waals surface area contributed by atoms with Crippen molar-refractivity contribution in [2.75, 3.05) is 18.5 Å². The van der Waals surface area contributed by atoms with Gasteiger partial charge in [-0.25, -0.2) is 0 Å². The first kappa shape index (κ1) is 22.6. The van der Waals surface area contributed by atoms with Crippen LogP contribution in [0.4, 0.5) is 5.69 Å². The molecule has 2 N–H and O–H groups in total. The van der Waals surface area contributed by atoms with Crippen LogP contribution in [-0.2, 0) is 4.79 Å². The van der Waals surface area contributed by atoms with Crippen LogP contribution in [0, 0.1) is 0 Å². The number of hydrogen-bond donors (Lipinski definition) is 2. The van der Waals surface area contributed by atoms with Crippen LogP contribution in [0.3, 0.4) is 0 Å². The Labute approximate surface area is 191 Å². The standard InChI is InChI=1S/C25H25BrN2O3/c1-2-3-15-27-25(30)20-11-7-8-12-22(20)28-24(29)17-31-23-14-13-19(16-21(23)26)18-9-5-4-6-10-18/h4-14,16H,2-3,15,17H2,1H3,(H,27,30)(H,28,29). The Bertz CT molecular complexity index is 1040. The molecular formula is C25H25BrN2O3. The smallest absolute Gasteiger partial charge is 0.262 e. The molecule has 3 rings (SSSR count). The molecule has 0 aliphatic carbocycles. The molecule has 0 spiro atoms. The zero-order valence-corrected chi connectivity index (χ0v) is 18.9. The lowest BCUT2D eigenvalue weighted by Crippen LogP contribution is -2.27. The Morgan fingerprint density at radius 1 is 0.935 bits per heavy atom. The van der Waals surface area contributed by atoms with Crippen LogP contribution in [0.2, 0.25) is 0 Å². The first-order valence-corrected chi connectivity index (χ1v) is 11.0. The van der Waals surface area contributed by atoms with E-state index >= 15 is 0 Å². The number of amides is 2. The lowest BCUT2D eigenvalue weighted by molar-refractivity contribution is -0.118. The van der Waals surface area contributed by atoms with E-state index in [1.165, 1.54) is 0 Å². The van der Waals surface area contributed by atoms with E-state index in [1.54, 1.807) is 24.3 Å². The second kappa shape index (κ2) is 11.3. The molecule has 0 atom stereocenters. The highest BCUT2D eigenvalue weighted by atomic mass is 79.9. The van der Waals surface area contributed by atoms with Gasteiger partial charge in [0, 0.05) is 6.54 Å². The lowest BCUT2D eigenvalue weighted by atomic mass is 10.1. The van der Waals surface area contributed by atoms with Crippen molar-refractivity contribution >= 4 is 33.4 Å². The molecule has 31 heavy (non-hydrogen) atoms. The zero-order chi connectivity index (χ0) is 22.1. The molecule has 0 heterocycles. The first-order chi connectivity index (χ1) is 15.1. The van der Waals surface area contributed by atoms with Gasteiger partial charge in [-0.05, 0) is 57.7 Å². The van der Waals surface area contributed by atoms with E-state index in [4.69, 9.17) is 4.74 Å². The van der Waals surface area contributed by atoms with Crippen molar-refractivity contribution in [2.45, 2.75) is 19.8 Å². The van der Waals surface area contributed by atoms with Gasteiger partial charge in [0.15, 0.2) is 6.61 Å². The molecule has 0 aliphatic rings. The maximum Gasteiger partial charge on any atom is 0.262 e. The average molecular weight is 481 g/mol. The van der Waals surface area contributed by atoms with Crippen LogP contribution in [0.1, 0.15) is 30.1 Å². The van der Waals surface area contributed by atoms with Crippen LogP contribution in [0.15, 0.2) is 77.3 Å². The van der Waals surface area contributed by atoms with Gasteiger partial charge >= 0.3 is 0 Å². The van der Waals surface area contributed by atoms with Crippen molar-refractivity contribution in [3.8, 4) is 16.9 Å². The monoisotopic (exact) mass is 480 g/mol. The average Bonchev–Trinajstić information content (AvgIpc) is 2.79. The lowest BCUT2D eigenvalue weighted by Gasteiger charge is -2.13. The number of ether oxygens (including phenoxy) is 1. The molecule has 0 unspecified atom stereocenters. The molecular weight excluding hydrogens is 456 g/mol. The minimum atomic E-state index is -0.340. The number of rotatable bonds is 9. The third kappa shape index (κ3) is 6.43. The van der Waals surface area contributed by atoms with Gasteiger partial charge in [-0.3, -0.25) is 9.59 Å². The highest BCUT2D eigenvalue weighted by molar-refractivity contribution is 9.10. The predicted octanol–water partition coefficient (Wildman–Crippen LogP) is 5.66. The third-order valence-electron chi connectivity index (χ3n) is 4.66. The van der Waals surface area contributed by atoms with E-state index < -0.39 is 0 Å². The van der Waals surface area contributed by atoms with E-state index in [1.807, 2.05) is 48.5 Å². The quantitative estimate of drug-likeness (QED) is 0.388. The van der Waals surface area contributed by atoms with Crippen molar-refractivity contribution in [3.05, 3.63) is 82.8 Å². The predicted molar refractivity (Wildman–Crippen MR) is 127 cm³/mol. The van der Waals surface area contributed by atoms with Gasteiger partial charge in [-0.15, -0.1) is 0 Å². The molecule has 3 aromatic carbocycles. The maximum atomic E-state index is 12.4. The van der Waals surface area contributed by atoms with Gasteiger partial charge in [-0.1, -0.05) is 61.9 Å². The fraction of sp³-hybridized carbons (Fsp3) is 0.200. The minimum Gasteiger partial charge on any atom is -0.483 e. The van der Waals surface area contributed by atoms with Gasteiger partial charge < -0.3 is 15.4 Å². The van der Waals surface area contributed by atoms with Crippen LogP contribution >= 0.6 is 15.9 Å². The molecule has 160 valence electrons. The molecule has 3 aromatic rings. The normalized spacial score (nSPS) is 10.4. The zero-order valence-electron chi connectivity index (χ0n) is 17.4. The second-order valence-corrected chi connectivity index (χ2v) is 7.86.